The summed E-state index contributed by atoms with van der Waals surface area (Å²) in [5.74, 6) is 3.41. The molecule has 9 heteroatoms. The Balaban J connectivity index is 1.51. The number of nitrogens with zero attached hydrogens (tertiary/aromatic N) is 6. The van der Waals surface area contributed by atoms with E-state index < -0.39 is 0 Å². The Bertz CT molecular complexity index is 1140. The number of thioether (sulfide) groups is 1. The van der Waals surface area contributed by atoms with E-state index >= 15 is 0 Å². The highest BCUT2D eigenvalue weighted by molar-refractivity contribution is 7.99. The van der Waals surface area contributed by atoms with E-state index in [1.165, 1.54) is 11.8 Å². The summed E-state index contributed by atoms with van der Waals surface area (Å²) >= 11 is 1.54. The molecule has 1 saturated carbocycles. The summed E-state index contributed by atoms with van der Waals surface area (Å²) in [4.78, 5) is 8.68. The van der Waals surface area contributed by atoms with Gasteiger partial charge in [0.2, 0.25) is 5.89 Å². The lowest BCUT2D eigenvalue weighted by molar-refractivity contribution is 0.374. The number of benzene rings is 1. The van der Waals surface area contributed by atoms with E-state index in [-0.39, 0.29) is 5.25 Å². The summed E-state index contributed by atoms with van der Waals surface area (Å²) in [5.41, 5.74) is 1.87. The molecule has 0 radical (unpaired) electrons. The molecule has 3 aromatic heterocycles. The van der Waals surface area contributed by atoms with Gasteiger partial charge in [-0.15, -0.1) is 10.2 Å². The third-order valence-corrected chi connectivity index (χ3v) is 5.96. The maximum Gasteiger partial charge on any atom is 0.239 e. The number of hydrogen-bond acceptors (Lipinski definition) is 8. The molecule has 1 fully saturated rings. The molecular weight excluding hydrogens is 400 g/mol. The molecule has 0 amide bonds. The van der Waals surface area contributed by atoms with Gasteiger partial charge in [0.25, 0.3) is 0 Å². The Morgan fingerprint density at radius 3 is 2.57 bits per heavy atom. The predicted octanol–water partition coefficient (Wildman–Crippen LogP) is 4.45. The third-order valence-electron chi connectivity index (χ3n) is 4.93. The highest BCUT2D eigenvalue weighted by Crippen LogP contribution is 2.41. The highest BCUT2D eigenvalue weighted by atomic mass is 32.2. The molecule has 1 aliphatic rings. The average Bonchev–Trinajstić information content (AvgIpc) is 3.37. The van der Waals surface area contributed by atoms with Crippen LogP contribution >= 0.6 is 11.8 Å². The van der Waals surface area contributed by atoms with Crippen LogP contribution in [0.15, 0.2) is 58.5 Å². The minimum Gasteiger partial charge on any atom is -0.497 e. The minimum absolute atomic E-state index is 0.0588. The van der Waals surface area contributed by atoms with Crippen molar-refractivity contribution in [3.05, 3.63) is 60.5 Å². The molecule has 152 valence electrons. The number of rotatable bonds is 7. The number of pyridine rings is 1. The minimum atomic E-state index is -0.0588. The summed E-state index contributed by atoms with van der Waals surface area (Å²) in [6.07, 6.45) is 5.77. The van der Waals surface area contributed by atoms with E-state index in [2.05, 4.69) is 25.3 Å². The fourth-order valence-corrected chi connectivity index (χ4v) is 4.02. The molecule has 0 spiro atoms. The van der Waals surface area contributed by atoms with Gasteiger partial charge in [-0.2, -0.15) is 4.98 Å². The van der Waals surface area contributed by atoms with Crippen molar-refractivity contribution in [2.24, 2.45) is 0 Å². The van der Waals surface area contributed by atoms with E-state index in [1.54, 1.807) is 19.5 Å². The molecule has 0 aliphatic heterocycles. The molecule has 1 atom stereocenters. The predicted molar refractivity (Wildman–Crippen MR) is 112 cm³/mol. The Kier molecular flexibility index (Phi) is 4.96. The monoisotopic (exact) mass is 420 g/mol. The topological polar surface area (TPSA) is 91.8 Å². The molecule has 3 heterocycles. The zero-order chi connectivity index (χ0) is 20.5. The fraction of sp³-hybridized carbons (Fsp3) is 0.286. The van der Waals surface area contributed by atoms with Crippen molar-refractivity contribution in [3.63, 3.8) is 0 Å². The molecule has 1 aliphatic carbocycles. The molecule has 8 nitrogen and oxygen atoms in total. The van der Waals surface area contributed by atoms with E-state index in [0.717, 1.165) is 46.6 Å². The summed E-state index contributed by atoms with van der Waals surface area (Å²) in [5, 5.41) is 13.7. The van der Waals surface area contributed by atoms with E-state index in [1.807, 2.05) is 47.9 Å². The summed E-state index contributed by atoms with van der Waals surface area (Å²) in [6, 6.07) is 11.6. The van der Waals surface area contributed by atoms with Crippen molar-refractivity contribution in [1.29, 1.82) is 0 Å². The van der Waals surface area contributed by atoms with Crippen molar-refractivity contribution in [3.8, 4) is 22.8 Å². The van der Waals surface area contributed by atoms with Gasteiger partial charge in [-0.1, -0.05) is 16.9 Å². The maximum absolute atomic E-state index is 5.50. The first kappa shape index (κ1) is 18.8. The molecule has 1 aromatic carbocycles. The van der Waals surface area contributed by atoms with Crippen molar-refractivity contribution < 1.29 is 9.26 Å². The lowest BCUT2D eigenvalue weighted by Gasteiger charge is -2.12. The SMILES string of the molecule is COc1ccc(-n2c(SC(C)c3nc(C4CC4)no3)nnc2-c2ccncc2)cc1. The maximum atomic E-state index is 5.50. The van der Waals surface area contributed by atoms with Crippen LogP contribution in [-0.2, 0) is 0 Å². The van der Waals surface area contributed by atoms with Gasteiger partial charge in [0.1, 0.15) is 5.75 Å². The number of ether oxygens (including phenoxy) is 1. The second-order valence-electron chi connectivity index (χ2n) is 7.10. The third kappa shape index (κ3) is 3.68. The highest BCUT2D eigenvalue weighted by Gasteiger charge is 2.30. The summed E-state index contributed by atoms with van der Waals surface area (Å²) in [7, 11) is 1.65. The van der Waals surface area contributed by atoms with Crippen molar-refractivity contribution in [2.75, 3.05) is 7.11 Å². The van der Waals surface area contributed by atoms with Crippen LogP contribution in [0.25, 0.3) is 17.1 Å². The number of aromatic nitrogens is 6. The molecule has 0 saturated heterocycles. The first-order valence-electron chi connectivity index (χ1n) is 9.73. The average molecular weight is 420 g/mol. The molecule has 0 N–H and O–H groups in total. The quantitative estimate of drug-likeness (QED) is 0.405. The van der Waals surface area contributed by atoms with Crippen LogP contribution in [0.1, 0.15) is 42.6 Å². The smallest absolute Gasteiger partial charge is 0.239 e. The van der Waals surface area contributed by atoms with Crippen molar-refractivity contribution >= 4 is 11.8 Å². The van der Waals surface area contributed by atoms with E-state index in [0.29, 0.717) is 11.8 Å². The van der Waals surface area contributed by atoms with E-state index in [9.17, 15) is 0 Å². The zero-order valence-electron chi connectivity index (χ0n) is 16.6. The fourth-order valence-electron chi connectivity index (χ4n) is 3.13. The molecular formula is C21H20N6O2S. The number of methoxy groups -OCH3 is 1. The lowest BCUT2D eigenvalue weighted by Crippen LogP contribution is -2.01. The molecule has 1 unspecified atom stereocenters. The van der Waals surface area contributed by atoms with Crippen LogP contribution in [-0.4, -0.2) is 37.0 Å². The van der Waals surface area contributed by atoms with Gasteiger partial charge in [-0.05, 0) is 56.2 Å². The Labute approximate surface area is 177 Å². The molecule has 30 heavy (non-hydrogen) atoms. The van der Waals surface area contributed by atoms with Gasteiger partial charge in [0.15, 0.2) is 16.8 Å². The van der Waals surface area contributed by atoms with Gasteiger partial charge in [-0.25, -0.2) is 0 Å². The number of hydrogen-bond donors (Lipinski definition) is 0. The molecule has 4 aromatic rings. The van der Waals surface area contributed by atoms with Crippen LogP contribution in [0.2, 0.25) is 0 Å². The normalized spacial score (nSPS) is 14.6. The van der Waals surface area contributed by atoms with Gasteiger partial charge >= 0.3 is 0 Å². The van der Waals surface area contributed by atoms with Crippen molar-refractivity contribution in [2.45, 2.75) is 36.1 Å². The summed E-state index contributed by atoms with van der Waals surface area (Å²) < 4.78 is 12.8. The zero-order valence-corrected chi connectivity index (χ0v) is 17.4. The van der Waals surface area contributed by atoms with Crippen LogP contribution in [0.3, 0.4) is 0 Å². The van der Waals surface area contributed by atoms with Crippen LogP contribution in [0.4, 0.5) is 0 Å². The van der Waals surface area contributed by atoms with Crippen LogP contribution < -0.4 is 4.74 Å². The summed E-state index contributed by atoms with van der Waals surface area (Å²) in [6.45, 7) is 2.04. The lowest BCUT2D eigenvalue weighted by atomic mass is 10.2. The Morgan fingerprint density at radius 2 is 1.87 bits per heavy atom. The van der Waals surface area contributed by atoms with Gasteiger partial charge < -0.3 is 9.26 Å². The van der Waals surface area contributed by atoms with Crippen molar-refractivity contribution in [1.82, 2.24) is 29.9 Å². The largest absolute Gasteiger partial charge is 0.497 e. The first-order valence-corrected chi connectivity index (χ1v) is 10.6. The van der Waals surface area contributed by atoms with Crippen LogP contribution in [0, 0.1) is 0 Å². The standard InChI is InChI=1S/C21H20N6O2S/c1-13(20-23-18(26-29-20)14-3-4-14)30-21-25-24-19(15-9-11-22-12-10-15)27(21)16-5-7-17(28-2)8-6-16/h5-14H,3-4H2,1-2H3. The van der Waals surface area contributed by atoms with Gasteiger partial charge in [0.05, 0.1) is 12.4 Å². The first-order chi connectivity index (χ1) is 14.7. The second kappa shape index (κ2) is 7.91. The van der Waals surface area contributed by atoms with Gasteiger partial charge in [0, 0.05) is 29.6 Å². The Hall–Kier alpha value is -3.20. The van der Waals surface area contributed by atoms with Crippen LogP contribution in [0.5, 0.6) is 5.75 Å². The Morgan fingerprint density at radius 1 is 1.10 bits per heavy atom. The van der Waals surface area contributed by atoms with E-state index in [4.69, 9.17) is 9.26 Å². The molecule has 0 bridgehead atoms. The second-order valence-corrected chi connectivity index (χ2v) is 8.41. The van der Waals surface area contributed by atoms with Gasteiger partial charge in [-0.3, -0.25) is 9.55 Å². The molecule has 5 rings (SSSR count).